The van der Waals surface area contributed by atoms with Gasteiger partial charge in [0, 0.05) is 17.6 Å². The van der Waals surface area contributed by atoms with E-state index in [1.807, 2.05) is 13.0 Å². The van der Waals surface area contributed by atoms with Crippen LogP contribution in [-0.4, -0.2) is 56.6 Å². The molecule has 10 heteroatoms. The van der Waals surface area contributed by atoms with Gasteiger partial charge in [-0.15, -0.1) is 0 Å². The lowest BCUT2D eigenvalue weighted by molar-refractivity contribution is -0.139. The Balaban J connectivity index is 1.86. The first-order valence-corrected chi connectivity index (χ1v) is 14.4. The third-order valence-corrected chi connectivity index (χ3v) is 7.60. The highest BCUT2D eigenvalue weighted by atomic mass is 35.5. The van der Waals surface area contributed by atoms with Crippen LogP contribution in [-0.2, 0) is 26.2 Å². The third-order valence-electron chi connectivity index (χ3n) is 6.23. The summed E-state index contributed by atoms with van der Waals surface area (Å²) in [6, 6.07) is 12.8. The number of nitrogens with one attached hydrogen (secondary N) is 1. The molecule has 8 nitrogen and oxygen atoms in total. The van der Waals surface area contributed by atoms with E-state index in [2.05, 4.69) is 5.32 Å². The van der Waals surface area contributed by atoms with E-state index in [1.165, 1.54) is 4.90 Å². The van der Waals surface area contributed by atoms with E-state index >= 15 is 0 Å². The highest BCUT2D eigenvalue weighted by Gasteiger charge is 2.31. The van der Waals surface area contributed by atoms with Gasteiger partial charge in [-0.1, -0.05) is 36.6 Å². The molecule has 1 fully saturated rings. The van der Waals surface area contributed by atoms with E-state index < -0.39 is 28.5 Å². The molecule has 2 aromatic rings. The van der Waals surface area contributed by atoms with Crippen LogP contribution in [0.2, 0.25) is 5.02 Å². The zero-order valence-electron chi connectivity index (χ0n) is 20.9. The molecular formula is C26H34ClN3O5S. The topological polar surface area (TPSA) is 96.0 Å². The molecule has 1 atom stereocenters. The first-order valence-electron chi connectivity index (χ1n) is 12.1. The number of benzene rings is 2. The second-order valence-electron chi connectivity index (χ2n) is 9.01. The number of carbonyl (C=O) groups is 2. The molecule has 0 saturated heterocycles. The monoisotopic (exact) mass is 535 g/mol. The van der Waals surface area contributed by atoms with Crippen molar-refractivity contribution in [1.29, 1.82) is 0 Å². The van der Waals surface area contributed by atoms with Crippen LogP contribution in [0.25, 0.3) is 0 Å². The molecular weight excluding hydrogens is 502 g/mol. The average molecular weight is 536 g/mol. The van der Waals surface area contributed by atoms with Crippen molar-refractivity contribution in [2.24, 2.45) is 0 Å². The van der Waals surface area contributed by atoms with Crippen molar-refractivity contribution < 1.29 is 22.7 Å². The Bertz CT molecular complexity index is 1150. The van der Waals surface area contributed by atoms with Gasteiger partial charge < -0.3 is 15.0 Å². The summed E-state index contributed by atoms with van der Waals surface area (Å²) in [5.74, 6) is -0.159. The fraction of sp³-hybridized carbons (Fsp3) is 0.462. The molecule has 1 aliphatic carbocycles. The summed E-state index contributed by atoms with van der Waals surface area (Å²) in [7, 11) is -3.79. The van der Waals surface area contributed by atoms with E-state index in [0.717, 1.165) is 41.8 Å². The highest BCUT2D eigenvalue weighted by molar-refractivity contribution is 7.92. The van der Waals surface area contributed by atoms with E-state index in [4.69, 9.17) is 16.3 Å². The second kappa shape index (κ2) is 12.5. The van der Waals surface area contributed by atoms with E-state index in [0.29, 0.717) is 23.1 Å². The van der Waals surface area contributed by atoms with Crippen molar-refractivity contribution in [3.63, 3.8) is 0 Å². The lowest BCUT2D eigenvalue weighted by Crippen LogP contribution is -2.52. The van der Waals surface area contributed by atoms with Gasteiger partial charge in [-0.25, -0.2) is 8.42 Å². The van der Waals surface area contributed by atoms with Crippen LogP contribution in [0.1, 0.15) is 45.1 Å². The summed E-state index contributed by atoms with van der Waals surface area (Å²) in [5, 5.41) is 3.55. The maximum atomic E-state index is 13.6. The van der Waals surface area contributed by atoms with Gasteiger partial charge in [0.05, 0.1) is 18.6 Å². The summed E-state index contributed by atoms with van der Waals surface area (Å²) in [5.41, 5.74) is 1.07. The number of amides is 2. The summed E-state index contributed by atoms with van der Waals surface area (Å²) < 4.78 is 31.8. The van der Waals surface area contributed by atoms with Crippen LogP contribution in [0.5, 0.6) is 5.75 Å². The van der Waals surface area contributed by atoms with Crippen LogP contribution < -0.4 is 14.4 Å². The van der Waals surface area contributed by atoms with Gasteiger partial charge in [-0.3, -0.25) is 13.9 Å². The summed E-state index contributed by atoms with van der Waals surface area (Å²) in [4.78, 5) is 28.1. The number of carbonyl (C=O) groups excluding carboxylic acids is 2. The first-order chi connectivity index (χ1) is 17.1. The number of hydrogen-bond acceptors (Lipinski definition) is 5. The summed E-state index contributed by atoms with van der Waals surface area (Å²) >= 11 is 6.14. The molecule has 196 valence electrons. The Hall–Kier alpha value is -2.78. The maximum Gasteiger partial charge on any atom is 0.244 e. The van der Waals surface area contributed by atoms with Gasteiger partial charge in [0.1, 0.15) is 18.3 Å². The van der Waals surface area contributed by atoms with Crippen molar-refractivity contribution in [3.8, 4) is 5.75 Å². The number of halogens is 1. The molecule has 2 aromatic carbocycles. The van der Waals surface area contributed by atoms with Crippen LogP contribution in [0.3, 0.4) is 0 Å². The minimum absolute atomic E-state index is 0.0967. The van der Waals surface area contributed by atoms with E-state index in [9.17, 15) is 18.0 Å². The Kier molecular flexibility index (Phi) is 9.62. The Labute approximate surface area is 218 Å². The van der Waals surface area contributed by atoms with Crippen molar-refractivity contribution in [2.75, 3.05) is 23.7 Å². The van der Waals surface area contributed by atoms with Crippen LogP contribution in [0.4, 0.5) is 5.69 Å². The molecule has 36 heavy (non-hydrogen) atoms. The molecule has 1 aliphatic rings. The van der Waals surface area contributed by atoms with Crippen LogP contribution in [0.15, 0.2) is 48.5 Å². The normalized spacial score (nSPS) is 14.8. The fourth-order valence-corrected chi connectivity index (χ4v) is 5.36. The minimum Gasteiger partial charge on any atom is -0.494 e. The number of hydrogen-bond donors (Lipinski definition) is 1. The van der Waals surface area contributed by atoms with Gasteiger partial charge in [0.15, 0.2) is 0 Å². The lowest BCUT2D eigenvalue weighted by atomic mass is 10.1. The van der Waals surface area contributed by atoms with Crippen LogP contribution in [0, 0.1) is 0 Å². The molecule has 0 radical (unpaired) electrons. The molecule has 0 heterocycles. The first kappa shape index (κ1) is 27.8. The molecule has 1 unspecified atom stereocenters. The van der Waals surface area contributed by atoms with Crippen molar-refractivity contribution >= 4 is 39.1 Å². The smallest absolute Gasteiger partial charge is 0.244 e. The number of ether oxygens (including phenoxy) is 1. The zero-order chi connectivity index (χ0) is 26.3. The zero-order valence-corrected chi connectivity index (χ0v) is 22.5. The van der Waals surface area contributed by atoms with Gasteiger partial charge in [-0.05, 0) is 68.7 Å². The molecule has 1 N–H and O–H groups in total. The largest absolute Gasteiger partial charge is 0.494 e. The fourth-order valence-electron chi connectivity index (χ4n) is 4.30. The lowest BCUT2D eigenvalue weighted by Gasteiger charge is -2.32. The molecule has 3 rings (SSSR count). The Morgan fingerprint density at radius 1 is 1.14 bits per heavy atom. The average Bonchev–Trinajstić information content (AvgIpc) is 3.33. The molecule has 1 saturated carbocycles. The predicted octanol–water partition coefficient (Wildman–Crippen LogP) is 3.98. The van der Waals surface area contributed by atoms with Gasteiger partial charge in [0.25, 0.3) is 0 Å². The van der Waals surface area contributed by atoms with Crippen molar-refractivity contribution in [1.82, 2.24) is 10.2 Å². The quantitative estimate of drug-likeness (QED) is 0.469. The van der Waals surface area contributed by atoms with E-state index in [-0.39, 0.29) is 18.5 Å². The SMILES string of the molecule is CCOc1ccc(N(CC(=O)N(Cc2cccc(Cl)c2)C(C)C(=O)NC2CCCC2)S(C)(=O)=O)cc1. The highest BCUT2D eigenvalue weighted by Crippen LogP contribution is 2.23. The molecule has 0 aliphatic heterocycles. The number of rotatable bonds is 11. The molecule has 0 aromatic heterocycles. The Morgan fingerprint density at radius 3 is 2.39 bits per heavy atom. The molecule has 0 spiro atoms. The van der Waals surface area contributed by atoms with Crippen LogP contribution >= 0.6 is 11.6 Å². The molecule has 0 bridgehead atoms. The number of nitrogens with zero attached hydrogens (tertiary/aromatic N) is 2. The second-order valence-corrected chi connectivity index (χ2v) is 11.4. The van der Waals surface area contributed by atoms with Gasteiger partial charge in [-0.2, -0.15) is 0 Å². The standard InChI is InChI=1S/C26H34ClN3O5S/c1-4-35-24-14-12-23(13-15-24)30(36(3,33)34)18-25(31)29(17-20-8-7-9-21(27)16-20)19(2)26(32)28-22-10-5-6-11-22/h7-9,12-16,19,22H,4-6,10-11,17-18H2,1-3H3,(H,28,32). The van der Waals surface area contributed by atoms with Gasteiger partial charge in [0.2, 0.25) is 21.8 Å². The third kappa shape index (κ3) is 7.61. The molecule has 2 amide bonds. The minimum atomic E-state index is -3.79. The Morgan fingerprint density at radius 2 is 1.81 bits per heavy atom. The van der Waals surface area contributed by atoms with Crippen molar-refractivity contribution in [2.45, 2.75) is 58.2 Å². The number of sulfonamides is 1. The van der Waals surface area contributed by atoms with Gasteiger partial charge >= 0.3 is 0 Å². The van der Waals surface area contributed by atoms with Crippen molar-refractivity contribution in [3.05, 3.63) is 59.1 Å². The van der Waals surface area contributed by atoms with E-state index in [1.54, 1.807) is 49.4 Å². The number of anilines is 1. The maximum absolute atomic E-state index is 13.6. The predicted molar refractivity (Wildman–Crippen MR) is 142 cm³/mol. The summed E-state index contributed by atoms with van der Waals surface area (Å²) in [6.45, 7) is 3.66. The summed E-state index contributed by atoms with van der Waals surface area (Å²) in [6.07, 6.45) is 5.01.